The minimum absolute atomic E-state index is 0.362. The molecule has 0 radical (unpaired) electrons. The van der Waals surface area contributed by atoms with Gasteiger partial charge in [-0.2, -0.15) is 0 Å². The molecule has 0 atom stereocenters. The summed E-state index contributed by atoms with van der Waals surface area (Å²) in [6, 6.07) is 0. The summed E-state index contributed by atoms with van der Waals surface area (Å²) in [6.07, 6.45) is 24.3. The zero-order chi connectivity index (χ0) is 20.6. The second-order valence-corrected chi connectivity index (χ2v) is 6.67. The summed E-state index contributed by atoms with van der Waals surface area (Å²) in [5.41, 5.74) is 0. The van der Waals surface area contributed by atoms with E-state index in [-0.39, 0.29) is 0 Å². The maximum atomic E-state index is 9.55. The highest BCUT2D eigenvalue weighted by atomic mass is 16.4. The first-order chi connectivity index (χ1) is 13.0. The molecule has 0 bridgehead atoms. The van der Waals surface area contributed by atoms with E-state index in [4.69, 9.17) is 15.3 Å². The number of rotatable bonds is 17. The van der Waals surface area contributed by atoms with E-state index in [1.54, 1.807) is 0 Å². The van der Waals surface area contributed by atoms with Gasteiger partial charge >= 0.3 is 11.9 Å². The maximum absolute atomic E-state index is 9.55. The maximum Gasteiger partial charge on any atom is 0.328 e. The van der Waals surface area contributed by atoms with Crippen LogP contribution in [0.15, 0.2) is 24.3 Å². The van der Waals surface area contributed by atoms with Crippen LogP contribution in [0.3, 0.4) is 0 Å². The second-order valence-electron chi connectivity index (χ2n) is 6.67. The van der Waals surface area contributed by atoms with Crippen LogP contribution >= 0.6 is 0 Å². The molecule has 0 saturated carbocycles. The number of carboxylic acids is 2. The predicted molar refractivity (Wildman–Crippen MR) is 111 cm³/mol. The highest BCUT2D eigenvalue weighted by Crippen LogP contribution is 2.09. The van der Waals surface area contributed by atoms with Crippen molar-refractivity contribution < 1.29 is 24.9 Å². The molecular formula is C22H40O5. The Kier molecular flexibility index (Phi) is 24.9. The van der Waals surface area contributed by atoms with Gasteiger partial charge in [-0.05, 0) is 32.1 Å². The van der Waals surface area contributed by atoms with Gasteiger partial charge in [-0.15, -0.1) is 0 Å². The van der Waals surface area contributed by atoms with Crippen LogP contribution in [0, 0.1) is 0 Å². The fourth-order valence-electron chi connectivity index (χ4n) is 2.50. The number of aliphatic hydroxyl groups is 1. The number of aliphatic hydroxyl groups excluding tert-OH is 1. The molecule has 0 aliphatic carbocycles. The van der Waals surface area contributed by atoms with Crippen molar-refractivity contribution in [2.24, 2.45) is 0 Å². The number of hydrogen-bond donors (Lipinski definition) is 3. The molecule has 0 saturated heterocycles. The lowest BCUT2D eigenvalue weighted by Gasteiger charge is -1.99. The third kappa shape index (κ3) is 32.5. The van der Waals surface area contributed by atoms with E-state index >= 15 is 0 Å². The van der Waals surface area contributed by atoms with Crippen molar-refractivity contribution >= 4 is 11.9 Å². The molecule has 5 heteroatoms. The van der Waals surface area contributed by atoms with Crippen LogP contribution in [0.1, 0.15) is 96.8 Å². The Labute approximate surface area is 165 Å². The number of carboxylic acid groups (broad SMARTS) is 2. The number of aliphatic carboxylic acids is 2. The third-order valence-electron chi connectivity index (χ3n) is 4.04. The highest BCUT2D eigenvalue weighted by Gasteiger charge is 1.90. The molecule has 0 aliphatic heterocycles. The van der Waals surface area contributed by atoms with Crippen molar-refractivity contribution in [2.45, 2.75) is 96.8 Å². The molecule has 0 heterocycles. The van der Waals surface area contributed by atoms with Gasteiger partial charge in [0.15, 0.2) is 0 Å². The Hall–Kier alpha value is -1.62. The van der Waals surface area contributed by atoms with Crippen molar-refractivity contribution in [3.8, 4) is 0 Å². The topological polar surface area (TPSA) is 94.8 Å². The van der Waals surface area contributed by atoms with E-state index < -0.39 is 11.9 Å². The van der Waals surface area contributed by atoms with Crippen LogP contribution in [0.4, 0.5) is 0 Å². The monoisotopic (exact) mass is 384 g/mol. The van der Waals surface area contributed by atoms with Gasteiger partial charge < -0.3 is 15.3 Å². The molecule has 0 aromatic carbocycles. The Morgan fingerprint density at radius 1 is 0.630 bits per heavy atom. The zero-order valence-electron chi connectivity index (χ0n) is 17.1. The van der Waals surface area contributed by atoms with E-state index in [1.807, 2.05) is 0 Å². The van der Waals surface area contributed by atoms with Crippen molar-refractivity contribution in [1.29, 1.82) is 0 Å². The minimum Gasteiger partial charge on any atom is -0.478 e. The normalized spacial score (nSPS) is 10.9. The van der Waals surface area contributed by atoms with Crippen molar-refractivity contribution in [1.82, 2.24) is 0 Å². The Balaban J connectivity index is 0. The number of hydrogen-bond acceptors (Lipinski definition) is 3. The van der Waals surface area contributed by atoms with Crippen LogP contribution in [0.5, 0.6) is 0 Å². The molecule has 158 valence electrons. The zero-order valence-corrected chi connectivity index (χ0v) is 17.1. The number of unbranched alkanes of at least 4 members (excludes halogenated alkanes) is 12. The minimum atomic E-state index is -1.26. The molecule has 3 N–H and O–H groups in total. The molecule has 0 aromatic heterocycles. The van der Waals surface area contributed by atoms with Crippen molar-refractivity contribution in [2.75, 3.05) is 6.61 Å². The first-order valence-electron chi connectivity index (χ1n) is 10.4. The first-order valence-corrected chi connectivity index (χ1v) is 10.4. The number of carbonyl (C=O) groups is 2. The van der Waals surface area contributed by atoms with Crippen molar-refractivity contribution in [3.63, 3.8) is 0 Å². The molecule has 0 aliphatic rings. The van der Waals surface area contributed by atoms with Gasteiger partial charge in [0.1, 0.15) is 0 Å². The smallest absolute Gasteiger partial charge is 0.328 e. The third-order valence-corrected chi connectivity index (χ3v) is 4.04. The van der Waals surface area contributed by atoms with Gasteiger partial charge in [-0.25, -0.2) is 9.59 Å². The number of allylic oxidation sites excluding steroid dienone is 2. The molecule has 0 spiro atoms. The van der Waals surface area contributed by atoms with E-state index in [2.05, 4.69) is 19.1 Å². The Bertz CT molecular complexity index is 372. The quantitative estimate of drug-likeness (QED) is 0.169. The van der Waals surface area contributed by atoms with Crippen LogP contribution in [-0.4, -0.2) is 33.9 Å². The van der Waals surface area contributed by atoms with E-state index in [0.29, 0.717) is 18.8 Å². The summed E-state index contributed by atoms with van der Waals surface area (Å²) in [5.74, 6) is -2.51. The Morgan fingerprint density at radius 2 is 1.00 bits per heavy atom. The van der Waals surface area contributed by atoms with Crippen LogP contribution < -0.4 is 0 Å². The molecule has 0 rings (SSSR count). The predicted octanol–water partition coefficient (Wildman–Crippen LogP) is 5.73. The highest BCUT2D eigenvalue weighted by molar-refractivity contribution is 5.89. The summed E-state index contributed by atoms with van der Waals surface area (Å²) in [6.45, 7) is 2.64. The second kappa shape index (κ2) is 24.4. The van der Waals surface area contributed by atoms with E-state index in [1.165, 1.54) is 83.5 Å². The molecule has 5 nitrogen and oxygen atoms in total. The lowest BCUT2D eigenvalue weighted by molar-refractivity contribution is -0.134. The molecular weight excluding hydrogens is 344 g/mol. The SMILES string of the molecule is CCCCCCCC/C=C\CCCCCCCCO.O=C(O)/C=C\C(=O)O. The van der Waals surface area contributed by atoms with Crippen LogP contribution in [0.2, 0.25) is 0 Å². The summed E-state index contributed by atoms with van der Waals surface area (Å²) < 4.78 is 0. The summed E-state index contributed by atoms with van der Waals surface area (Å²) in [7, 11) is 0. The molecule has 0 fully saturated rings. The van der Waals surface area contributed by atoms with Gasteiger partial charge in [-0.3, -0.25) is 0 Å². The van der Waals surface area contributed by atoms with Gasteiger partial charge in [0.05, 0.1) is 0 Å². The standard InChI is InChI=1S/C18H36O.C4H4O4/c1-2-3-4-5-6-7-8-9-10-11-12-13-14-15-16-17-18-19;5-3(6)1-2-4(7)8/h9-10,19H,2-8,11-18H2,1H3;1-2H,(H,5,6)(H,7,8)/b10-9-;2-1-. The molecule has 27 heavy (non-hydrogen) atoms. The fraction of sp³-hybridized carbons (Fsp3) is 0.727. The summed E-state index contributed by atoms with van der Waals surface area (Å²) >= 11 is 0. The van der Waals surface area contributed by atoms with Crippen LogP contribution in [0.25, 0.3) is 0 Å². The molecule has 0 amide bonds. The van der Waals surface area contributed by atoms with E-state index in [9.17, 15) is 9.59 Å². The van der Waals surface area contributed by atoms with Gasteiger partial charge in [-0.1, -0.05) is 76.9 Å². The first kappa shape index (κ1) is 27.6. The molecule has 0 aromatic rings. The average Bonchev–Trinajstić information content (AvgIpc) is 2.64. The van der Waals surface area contributed by atoms with Gasteiger partial charge in [0, 0.05) is 18.8 Å². The van der Waals surface area contributed by atoms with Crippen molar-refractivity contribution in [3.05, 3.63) is 24.3 Å². The van der Waals surface area contributed by atoms with Crippen LogP contribution in [-0.2, 0) is 9.59 Å². The summed E-state index contributed by atoms with van der Waals surface area (Å²) in [4.78, 5) is 19.1. The average molecular weight is 385 g/mol. The molecule has 0 unspecified atom stereocenters. The lowest BCUT2D eigenvalue weighted by Crippen LogP contribution is -1.91. The fourth-order valence-corrected chi connectivity index (χ4v) is 2.50. The summed E-state index contributed by atoms with van der Waals surface area (Å²) in [5, 5.41) is 24.3. The lowest BCUT2D eigenvalue weighted by atomic mass is 10.1. The van der Waals surface area contributed by atoms with Gasteiger partial charge in [0.2, 0.25) is 0 Å². The van der Waals surface area contributed by atoms with E-state index in [0.717, 1.165) is 6.42 Å². The largest absolute Gasteiger partial charge is 0.478 e. The Morgan fingerprint density at radius 3 is 1.37 bits per heavy atom. The van der Waals surface area contributed by atoms with Gasteiger partial charge in [0.25, 0.3) is 0 Å².